The van der Waals surface area contributed by atoms with Gasteiger partial charge in [-0.25, -0.2) is 19.9 Å². The van der Waals surface area contributed by atoms with Crippen LogP contribution >= 0.6 is 11.3 Å². The average Bonchev–Trinajstić information content (AvgIpc) is 3.79. The van der Waals surface area contributed by atoms with Crippen LogP contribution in [0.4, 0.5) is 0 Å². The van der Waals surface area contributed by atoms with Gasteiger partial charge >= 0.3 is 0 Å². The highest BCUT2D eigenvalue weighted by Crippen LogP contribution is 2.36. The van der Waals surface area contributed by atoms with E-state index in [1.807, 2.05) is 79.7 Å². The van der Waals surface area contributed by atoms with Gasteiger partial charge < -0.3 is 4.57 Å². The van der Waals surface area contributed by atoms with Gasteiger partial charge in [-0.15, -0.1) is 11.3 Å². The molecule has 3 aromatic heterocycles. The second-order valence-corrected chi connectivity index (χ2v) is 13.9. The van der Waals surface area contributed by atoms with Crippen molar-refractivity contribution in [3.05, 3.63) is 175 Å². The smallest absolute Gasteiger partial charge is 0.164 e. The number of nitrogens with zero attached hydrogens (tertiary/aromatic N) is 5. The lowest BCUT2D eigenvalue weighted by Gasteiger charge is -2.10. The molecule has 0 spiro atoms. The fourth-order valence-electron chi connectivity index (χ4n) is 6.78. The summed E-state index contributed by atoms with van der Waals surface area (Å²) in [4.78, 5) is 19.8. The van der Waals surface area contributed by atoms with E-state index in [4.69, 9.17) is 19.9 Å². The Hall–Kier alpha value is -6.44. The van der Waals surface area contributed by atoms with Gasteiger partial charge in [0, 0.05) is 44.6 Å². The molecule has 0 amide bonds. The second kappa shape index (κ2) is 15.3. The van der Waals surface area contributed by atoms with Crippen molar-refractivity contribution in [1.82, 2.24) is 24.5 Å². The zero-order valence-corrected chi connectivity index (χ0v) is 31.3. The van der Waals surface area contributed by atoms with Crippen molar-refractivity contribution >= 4 is 57.0 Å². The minimum absolute atomic E-state index is 0.629. The van der Waals surface area contributed by atoms with E-state index >= 15 is 0 Å². The summed E-state index contributed by atoms with van der Waals surface area (Å²) in [5.74, 6) is 1.91. The van der Waals surface area contributed by atoms with E-state index in [9.17, 15) is 0 Å². The molecule has 0 atom stereocenters. The first-order valence-corrected chi connectivity index (χ1v) is 18.8. The van der Waals surface area contributed by atoms with Gasteiger partial charge in [0.2, 0.25) is 0 Å². The first-order chi connectivity index (χ1) is 26.5. The molecule has 5 nitrogen and oxygen atoms in total. The van der Waals surface area contributed by atoms with Crippen LogP contribution in [0.15, 0.2) is 158 Å². The summed E-state index contributed by atoms with van der Waals surface area (Å²) < 4.78 is 3.36. The fourth-order valence-corrected chi connectivity index (χ4v) is 7.78. The summed E-state index contributed by atoms with van der Waals surface area (Å²) in [5.41, 5.74) is 11.6. The van der Waals surface area contributed by atoms with Crippen molar-refractivity contribution in [1.29, 1.82) is 0 Å². The average molecular weight is 715 g/mol. The van der Waals surface area contributed by atoms with Gasteiger partial charge in [0.05, 0.1) is 15.7 Å². The number of fused-ring (bicyclic) bond motifs is 2. The fraction of sp³-hybridized carbons (Fsp3) is 0.0638. The van der Waals surface area contributed by atoms with Crippen LogP contribution in [0.25, 0.3) is 83.1 Å². The highest BCUT2D eigenvalue weighted by atomic mass is 32.1. The Labute approximate surface area is 320 Å². The zero-order valence-electron chi connectivity index (χ0n) is 30.4. The minimum Gasteiger partial charge on any atom is -0.313 e. The Kier molecular flexibility index (Phi) is 9.80. The molecule has 8 aromatic rings. The van der Waals surface area contributed by atoms with E-state index in [2.05, 4.69) is 117 Å². The van der Waals surface area contributed by atoms with Crippen LogP contribution in [0.3, 0.4) is 0 Å². The van der Waals surface area contributed by atoms with E-state index in [0.29, 0.717) is 17.5 Å². The normalized spacial score (nSPS) is 12.2. The molecule has 0 bridgehead atoms. The molecule has 0 N–H and O–H groups in total. The number of aromatic nitrogens is 5. The van der Waals surface area contributed by atoms with Crippen LogP contribution < -0.4 is 0 Å². The minimum atomic E-state index is 0.629. The molecule has 0 saturated heterocycles. The molecule has 5 aromatic carbocycles. The van der Waals surface area contributed by atoms with Crippen LogP contribution in [-0.2, 0) is 0 Å². The molecule has 259 valence electrons. The number of hydrogen-bond donors (Lipinski definition) is 0. The number of rotatable bonds is 10. The summed E-state index contributed by atoms with van der Waals surface area (Å²) in [7, 11) is 2.18. The molecule has 0 aliphatic rings. The Bertz CT molecular complexity index is 2680. The molecular formula is C47H37BN5S. The van der Waals surface area contributed by atoms with Gasteiger partial charge in [-0.05, 0) is 61.9 Å². The van der Waals surface area contributed by atoms with Crippen molar-refractivity contribution < 1.29 is 0 Å². The number of allylic oxidation sites excluding steroid dienone is 5. The van der Waals surface area contributed by atoms with Gasteiger partial charge in [-0.1, -0.05) is 134 Å². The summed E-state index contributed by atoms with van der Waals surface area (Å²) >= 11 is 1.68. The van der Waals surface area contributed by atoms with Gasteiger partial charge in [0.25, 0.3) is 0 Å². The SMILES string of the molecule is C=C/C(=C\C=C/C)n1c(C)c(/C=C(\[B]C)c2cccc(-c3nc4ccc(-c5nc(-c6ccccc6)nc(-c6ccccc6)n5)cc4s3)c2)c2ccccc21. The molecule has 0 unspecified atom stereocenters. The summed E-state index contributed by atoms with van der Waals surface area (Å²) in [6.07, 6.45) is 10.4. The van der Waals surface area contributed by atoms with Gasteiger partial charge in [-0.2, -0.15) is 0 Å². The van der Waals surface area contributed by atoms with Crippen LogP contribution in [-0.4, -0.2) is 31.8 Å². The highest BCUT2D eigenvalue weighted by Gasteiger charge is 2.17. The number of benzene rings is 5. The van der Waals surface area contributed by atoms with E-state index in [1.165, 1.54) is 10.9 Å². The molecule has 3 heterocycles. The monoisotopic (exact) mass is 714 g/mol. The molecular weight excluding hydrogens is 677 g/mol. The molecule has 0 saturated carbocycles. The quantitative estimate of drug-likeness (QED) is 0.105. The maximum atomic E-state index is 5.08. The van der Waals surface area contributed by atoms with E-state index in [-0.39, 0.29) is 0 Å². The van der Waals surface area contributed by atoms with Crippen molar-refractivity contribution in [2.24, 2.45) is 0 Å². The highest BCUT2D eigenvalue weighted by molar-refractivity contribution is 7.21. The van der Waals surface area contributed by atoms with E-state index in [1.54, 1.807) is 11.3 Å². The summed E-state index contributed by atoms with van der Waals surface area (Å²) in [6.45, 7) is 10.4. The number of para-hydroxylation sites is 1. The van der Waals surface area contributed by atoms with Crippen molar-refractivity contribution in [3.63, 3.8) is 0 Å². The topological polar surface area (TPSA) is 56.5 Å². The van der Waals surface area contributed by atoms with Crippen molar-refractivity contribution in [2.45, 2.75) is 20.7 Å². The van der Waals surface area contributed by atoms with Crippen LogP contribution in [0, 0.1) is 6.92 Å². The van der Waals surface area contributed by atoms with Crippen LogP contribution in [0.5, 0.6) is 0 Å². The van der Waals surface area contributed by atoms with E-state index in [0.717, 1.165) is 65.4 Å². The lowest BCUT2D eigenvalue weighted by atomic mass is 9.68. The lowest BCUT2D eigenvalue weighted by molar-refractivity contribution is 1.07. The molecule has 8 rings (SSSR count). The predicted octanol–water partition coefficient (Wildman–Crippen LogP) is 12.3. The zero-order chi connectivity index (χ0) is 37.0. The van der Waals surface area contributed by atoms with Crippen LogP contribution in [0.1, 0.15) is 23.7 Å². The van der Waals surface area contributed by atoms with Gasteiger partial charge in [0.15, 0.2) is 17.5 Å². The molecule has 54 heavy (non-hydrogen) atoms. The predicted molar refractivity (Wildman–Crippen MR) is 230 cm³/mol. The first-order valence-electron chi connectivity index (χ1n) is 18.0. The number of thiazole rings is 1. The third-order valence-corrected chi connectivity index (χ3v) is 10.6. The summed E-state index contributed by atoms with van der Waals surface area (Å²) in [5, 5.41) is 2.16. The molecule has 7 heteroatoms. The third kappa shape index (κ3) is 6.78. The maximum absolute atomic E-state index is 5.08. The lowest BCUT2D eigenvalue weighted by Crippen LogP contribution is -1.99. The Morgan fingerprint density at radius 3 is 2.02 bits per heavy atom. The standard InChI is InChI=1S/C47H37BN5S/c1-5-7-23-37(6-2)53-31(3)39(38-24-14-15-25-42(38)53)30-40(48-4)34-21-16-22-36(28-34)47-49-41-27-26-35(29-43(41)54-47)46-51-44(32-17-10-8-11-18-32)50-45(52-46)33-19-12-9-13-20-33/h5-30H,2H2,1,3-4H3/b7-5-,37-23+,40-30-. The first kappa shape index (κ1) is 34.6. The Morgan fingerprint density at radius 2 is 1.35 bits per heavy atom. The van der Waals surface area contributed by atoms with Gasteiger partial charge in [0.1, 0.15) is 12.3 Å². The molecule has 0 aliphatic carbocycles. The molecule has 0 aliphatic heterocycles. The Balaban J connectivity index is 1.17. The number of hydrogen-bond acceptors (Lipinski definition) is 5. The molecule has 1 radical (unpaired) electrons. The van der Waals surface area contributed by atoms with Gasteiger partial charge in [-0.3, -0.25) is 0 Å². The second-order valence-electron chi connectivity index (χ2n) is 12.9. The largest absolute Gasteiger partial charge is 0.313 e. The Morgan fingerprint density at radius 1 is 0.704 bits per heavy atom. The van der Waals surface area contributed by atoms with Crippen molar-refractivity contribution in [3.8, 4) is 44.7 Å². The third-order valence-electron chi connectivity index (χ3n) is 9.49. The molecule has 0 fully saturated rings. The maximum Gasteiger partial charge on any atom is 0.164 e. The van der Waals surface area contributed by atoms with Crippen LogP contribution in [0.2, 0.25) is 6.82 Å². The van der Waals surface area contributed by atoms with Crippen molar-refractivity contribution in [2.75, 3.05) is 0 Å². The van der Waals surface area contributed by atoms with E-state index < -0.39 is 0 Å². The summed E-state index contributed by atoms with van der Waals surface area (Å²) in [6, 6.07) is 43.6.